The summed E-state index contributed by atoms with van der Waals surface area (Å²) >= 11 is 4.81. The van der Waals surface area contributed by atoms with E-state index >= 15 is 0 Å². The molecular weight excluding hydrogens is 404 g/mol. The van der Waals surface area contributed by atoms with E-state index in [2.05, 4.69) is 31.2 Å². The maximum atomic E-state index is 9.93. The molecule has 8 heteroatoms. The Hall–Kier alpha value is -2.32. The lowest BCUT2D eigenvalue weighted by atomic mass is 10.2. The zero-order chi connectivity index (χ0) is 17.6. The lowest BCUT2D eigenvalue weighted by Gasteiger charge is -2.06. The number of phenols is 1. The van der Waals surface area contributed by atoms with Crippen molar-refractivity contribution in [3.8, 4) is 11.5 Å². The van der Waals surface area contributed by atoms with Crippen LogP contribution in [-0.4, -0.2) is 32.5 Å². The lowest BCUT2D eigenvalue weighted by Crippen LogP contribution is -2.04. The SMILES string of the molecule is CSc1nnc(COc2ccccc2)n1/N=C\c1cc(Br)ccc1O. The fourth-order valence-electron chi connectivity index (χ4n) is 2.04. The number of phenolic OH excluding ortho intramolecular Hbond substituents is 1. The van der Waals surface area contributed by atoms with Crippen molar-refractivity contribution < 1.29 is 9.84 Å². The first-order valence-corrected chi connectivity index (χ1v) is 9.38. The second kappa shape index (κ2) is 8.17. The molecular formula is C17H15BrN4O2S. The van der Waals surface area contributed by atoms with Gasteiger partial charge in [0.1, 0.15) is 18.1 Å². The van der Waals surface area contributed by atoms with Crippen molar-refractivity contribution in [1.29, 1.82) is 0 Å². The van der Waals surface area contributed by atoms with Gasteiger partial charge in [-0.2, -0.15) is 9.78 Å². The molecule has 3 rings (SSSR count). The van der Waals surface area contributed by atoms with Crippen LogP contribution in [0.4, 0.5) is 0 Å². The number of thioether (sulfide) groups is 1. The van der Waals surface area contributed by atoms with E-state index in [-0.39, 0.29) is 12.4 Å². The number of aromatic hydroxyl groups is 1. The molecule has 2 aromatic carbocycles. The second-order valence-corrected chi connectivity index (χ2v) is 6.65. The van der Waals surface area contributed by atoms with Gasteiger partial charge in [-0.05, 0) is 36.6 Å². The number of ether oxygens (including phenoxy) is 1. The molecule has 0 unspecified atom stereocenters. The highest BCUT2D eigenvalue weighted by Crippen LogP contribution is 2.21. The third kappa shape index (κ3) is 4.40. The van der Waals surface area contributed by atoms with Crippen molar-refractivity contribution in [3.05, 3.63) is 64.4 Å². The molecule has 1 heterocycles. The molecule has 3 aromatic rings. The molecule has 0 aliphatic carbocycles. The van der Waals surface area contributed by atoms with Gasteiger partial charge < -0.3 is 9.84 Å². The van der Waals surface area contributed by atoms with E-state index < -0.39 is 0 Å². The number of rotatable bonds is 6. The third-order valence-corrected chi connectivity index (χ3v) is 4.39. The van der Waals surface area contributed by atoms with E-state index in [4.69, 9.17) is 4.74 Å². The molecule has 0 radical (unpaired) electrons. The number of halogens is 1. The van der Waals surface area contributed by atoms with Crippen LogP contribution in [0.3, 0.4) is 0 Å². The quantitative estimate of drug-likeness (QED) is 0.484. The second-order valence-electron chi connectivity index (χ2n) is 4.96. The first kappa shape index (κ1) is 17.5. The van der Waals surface area contributed by atoms with E-state index in [0.29, 0.717) is 16.5 Å². The van der Waals surface area contributed by atoms with E-state index in [1.54, 1.807) is 29.1 Å². The van der Waals surface area contributed by atoms with Crippen molar-refractivity contribution in [2.75, 3.05) is 6.26 Å². The third-order valence-electron chi connectivity index (χ3n) is 3.27. The van der Waals surface area contributed by atoms with Crippen molar-refractivity contribution in [2.24, 2.45) is 5.10 Å². The molecule has 128 valence electrons. The summed E-state index contributed by atoms with van der Waals surface area (Å²) in [6, 6.07) is 14.6. The van der Waals surface area contributed by atoms with Gasteiger partial charge in [-0.15, -0.1) is 10.2 Å². The summed E-state index contributed by atoms with van der Waals surface area (Å²) in [6.07, 6.45) is 3.46. The maximum Gasteiger partial charge on any atom is 0.211 e. The van der Waals surface area contributed by atoms with Gasteiger partial charge in [0.15, 0.2) is 5.82 Å². The van der Waals surface area contributed by atoms with Crippen LogP contribution in [0, 0.1) is 0 Å². The van der Waals surface area contributed by atoms with Crippen LogP contribution in [0.1, 0.15) is 11.4 Å². The Morgan fingerprint density at radius 3 is 2.80 bits per heavy atom. The molecule has 0 fully saturated rings. The predicted molar refractivity (Wildman–Crippen MR) is 101 cm³/mol. The zero-order valence-electron chi connectivity index (χ0n) is 13.3. The van der Waals surface area contributed by atoms with Crippen molar-refractivity contribution >= 4 is 33.9 Å². The molecule has 0 amide bonds. The highest BCUT2D eigenvalue weighted by molar-refractivity contribution is 9.10. The molecule has 0 saturated heterocycles. The normalized spacial score (nSPS) is 11.1. The fourth-order valence-corrected chi connectivity index (χ4v) is 2.87. The van der Waals surface area contributed by atoms with Crippen LogP contribution >= 0.6 is 27.7 Å². The van der Waals surface area contributed by atoms with Crippen LogP contribution in [0.25, 0.3) is 0 Å². The van der Waals surface area contributed by atoms with Crippen LogP contribution in [-0.2, 0) is 6.61 Å². The first-order chi connectivity index (χ1) is 12.2. The first-order valence-electron chi connectivity index (χ1n) is 7.36. The van der Waals surface area contributed by atoms with Gasteiger partial charge in [0, 0.05) is 10.0 Å². The maximum absolute atomic E-state index is 9.93. The van der Waals surface area contributed by atoms with Gasteiger partial charge >= 0.3 is 0 Å². The minimum atomic E-state index is 0.146. The minimum Gasteiger partial charge on any atom is -0.507 e. The van der Waals surface area contributed by atoms with Gasteiger partial charge in [-0.1, -0.05) is 45.9 Å². The Morgan fingerprint density at radius 1 is 1.24 bits per heavy atom. The predicted octanol–water partition coefficient (Wildman–Crippen LogP) is 3.93. The fraction of sp³-hybridized carbons (Fsp3) is 0.118. The van der Waals surface area contributed by atoms with Crippen LogP contribution in [0.15, 0.2) is 63.3 Å². The Bertz CT molecular complexity index is 884. The van der Waals surface area contributed by atoms with E-state index in [1.807, 2.05) is 36.6 Å². The molecule has 1 aromatic heterocycles. The van der Waals surface area contributed by atoms with Crippen LogP contribution in [0.2, 0.25) is 0 Å². The highest BCUT2D eigenvalue weighted by atomic mass is 79.9. The summed E-state index contributed by atoms with van der Waals surface area (Å²) in [5, 5.41) is 23.2. The minimum absolute atomic E-state index is 0.146. The topological polar surface area (TPSA) is 72.5 Å². The number of aromatic nitrogens is 3. The molecule has 0 saturated carbocycles. The zero-order valence-corrected chi connectivity index (χ0v) is 15.7. The molecule has 0 atom stereocenters. The summed E-state index contributed by atoms with van der Waals surface area (Å²) in [5.41, 5.74) is 0.588. The van der Waals surface area contributed by atoms with Gasteiger partial charge in [0.25, 0.3) is 0 Å². The van der Waals surface area contributed by atoms with E-state index in [9.17, 15) is 5.11 Å². The Labute approximate surface area is 157 Å². The summed E-state index contributed by atoms with van der Waals surface area (Å²) in [5.74, 6) is 1.46. The average molecular weight is 419 g/mol. The van der Waals surface area contributed by atoms with Crippen molar-refractivity contribution in [1.82, 2.24) is 14.9 Å². The molecule has 0 aliphatic rings. The monoisotopic (exact) mass is 418 g/mol. The smallest absolute Gasteiger partial charge is 0.211 e. The number of benzene rings is 2. The molecule has 0 bridgehead atoms. The van der Waals surface area contributed by atoms with Gasteiger partial charge in [-0.25, -0.2) is 0 Å². The molecule has 25 heavy (non-hydrogen) atoms. The Balaban J connectivity index is 1.83. The molecule has 0 aliphatic heterocycles. The molecule has 0 spiro atoms. The average Bonchev–Trinajstić information content (AvgIpc) is 3.03. The standard InChI is InChI=1S/C17H15BrN4O2S/c1-25-17-21-20-16(11-24-14-5-3-2-4-6-14)22(17)19-10-12-9-13(18)7-8-15(12)23/h2-10,23H,11H2,1H3/b19-10-. The van der Waals surface area contributed by atoms with Crippen molar-refractivity contribution in [2.45, 2.75) is 11.8 Å². The van der Waals surface area contributed by atoms with E-state index in [1.165, 1.54) is 11.8 Å². The van der Waals surface area contributed by atoms with Crippen LogP contribution < -0.4 is 4.74 Å². The lowest BCUT2D eigenvalue weighted by molar-refractivity contribution is 0.290. The number of nitrogens with zero attached hydrogens (tertiary/aromatic N) is 4. The van der Waals surface area contributed by atoms with Gasteiger partial charge in [0.2, 0.25) is 5.16 Å². The molecule has 1 N–H and O–H groups in total. The summed E-state index contributed by atoms with van der Waals surface area (Å²) in [6.45, 7) is 0.235. The summed E-state index contributed by atoms with van der Waals surface area (Å²) in [7, 11) is 0. The number of hydrogen-bond acceptors (Lipinski definition) is 6. The van der Waals surface area contributed by atoms with Gasteiger partial charge in [0.05, 0.1) is 6.21 Å². The Morgan fingerprint density at radius 2 is 2.04 bits per heavy atom. The summed E-state index contributed by atoms with van der Waals surface area (Å²) in [4.78, 5) is 0. The van der Waals surface area contributed by atoms with Crippen molar-refractivity contribution in [3.63, 3.8) is 0 Å². The molecule has 6 nitrogen and oxygen atoms in total. The van der Waals surface area contributed by atoms with Crippen LogP contribution in [0.5, 0.6) is 11.5 Å². The van der Waals surface area contributed by atoms with Gasteiger partial charge in [-0.3, -0.25) is 0 Å². The highest BCUT2D eigenvalue weighted by Gasteiger charge is 2.11. The number of hydrogen-bond donors (Lipinski definition) is 1. The number of para-hydroxylation sites is 1. The largest absolute Gasteiger partial charge is 0.507 e. The van der Waals surface area contributed by atoms with E-state index in [0.717, 1.165) is 10.2 Å². The summed E-state index contributed by atoms with van der Waals surface area (Å²) < 4.78 is 8.18. The Kier molecular flexibility index (Phi) is 5.72.